The third kappa shape index (κ3) is 3.21. The van der Waals surface area contributed by atoms with Gasteiger partial charge in [0.15, 0.2) is 0 Å². The predicted octanol–water partition coefficient (Wildman–Crippen LogP) is 0.0308. The van der Waals surface area contributed by atoms with E-state index in [2.05, 4.69) is 15.6 Å². The van der Waals surface area contributed by atoms with Crippen molar-refractivity contribution < 1.29 is 4.79 Å². The zero-order valence-corrected chi connectivity index (χ0v) is 7.58. The molecule has 2 N–H and O–H groups in total. The molecular formula is C9H13N3O. The molecule has 0 radical (unpaired) electrons. The number of carbonyl (C=O) groups is 1. The summed E-state index contributed by atoms with van der Waals surface area (Å²) in [4.78, 5) is 15.2. The highest BCUT2D eigenvalue weighted by molar-refractivity contribution is 5.92. The highest BCUT2D eigenvalue weighted by Gasteiger charge is 2.03. The average molecular weight is 179 g/mol. The molecule has 13 heavy (non-hydrogen) atoms. The fourth-order valence-corrected chi connectivity index (χ4v) is 0.889. The van der Waals surface area contributed by atoms with Gasteiger partial charge in [-0.2, -0.15) is 0 Å². The van der Waals surface area contributed by atoms with Gasteiger partial charge in [-0.25, -0.2) is 0 Å². The maximum Gasteiger partial charge on any atom is 0.269 e. The van der Waals surface area contributed by atoms with E-state index >= 15 is 0 Å². The maximum absolute atomic E-state index is 11.3. The molecule has 1 aromatic rings. The molecule has 4 nitrogen and oxygen atoms in total. The Morgan fingerprint density at radius 2 is 2.31 bits per heavy atom. The van der Waals surface area contributed by atoms with Crippen LogP contribution in [0.2, 0.25) is 0 Å². The quantitative estimate of drug-likeness (QED) is 0.641. The number of hydrogen-bond donors (Lipinski definition) is 2. The molecule has 1 rings (SSSR count). The molecule has 4 heteroatoms. The number of pyridine rings is 1. The third-order valence-electron chi connectivity index (χ3n) is 1.56. The molecule has 1 aromatic heterocycles. The Bertz CT molecular complexity index is 261. The van der Waals surface area contributed by atoms with E-state index in [1.165, 1.54) is 0 Å². The first kappa shape index (κ1) is 9.67. The molecule has 0 spiro atoms. The Balaban J connectivity index is 2.40. The van der Waals surface area contributed by atoms with Gasteiger partial charge in [-0.3, -0.25) is 9.78 Å². The molecule has 0 aromatic carbocycles. The van der Waals surface area contributed by atoms with E-state index in [0.29, 0.717) is 12.2 Å². The van der Waals surface area contributed by atoms with Crippen molar-refractivity contribution in [3.63, 3.8) is 0 Å². The van der Waals surface area contributed by atoms with Crippen LogP contribution in [0.5, 0.6) is 0 Å². The first-order valence-corrected chi connectivity index (χ1v) is 4.18. The Kier molecular flexibility index (Phi) is 3.92. The molecule has 0 aliphatic carbocycles. The molecule has 1 amide bonds. The Labute approximate surface area is 77.4 Å². The van der Waals surface area contributed by atoms with Crippen molar-refractivity contribution in [2.45, 2.75) is 0 Å². The van der Waals surface area contributed by atoms with Gasteiger partial charge < -0.3 is 10.6 Å². The van der Waals surface area contributed by atoms with Crippen molar-refractivity contribution in [3.05, 3.63) is 30.1 Å². The van der Waals surface area contributed by atoms with Crippen LogP contribution in [-0.4, -0.2) is 31.0 Å². The lowest BCUT2D eigenvalue weighted by Crippen LogP contribution is -2.30. The number of carbonyl (C=O) groups excluding carboxylic acids is 1. The fraction of sp³-hybridized carbons (Fsp3) is 0.333. The van der Waals surface area contributed by atoms with Crippen molar-refractivity contribution in [3.8, 4) is 0 Å². The van der Waals surface area contributed by atoms with E-state index in [1.54, 1.807) is 24.4 Å². The summed E-state index contributed by atoms with van der Waals surface area (Å²) < 4.78 is 0. The largest absolute Gasteiger partial charge is 0.349 e. The topological polar surface area (TPSA) is 54.0 Å². The van der Waals surface area contributed by atoms with E-state index < -0.39 is 0 Å². The molecule has 1 heterocycles. The van der Waals surface area contributed by atoms with Crippen LogP contribution in [0.1, 0.15) is 10.5 Å². The van der Waals surface area contributed by atoms with Crippen LogP contribution in [0, 0.1) is 0 Å². The molecule has 0 aliphatic rings. The normalized spacial score (nSPS) is 9.62. The summed E-state index contributed by atoms with van der Waals surface area (Å²) in [6.45, 7) is 1.38. The second kappa shape index (κ2) is 5.27. The van der Waals surface area contributed by atoms with E-state index in [0.717, 1.165) is 6.54 Å². The van der Waals surface area contributed by atoms with Gasteiger partial charge in [-0.05, 0) is 19.2 Å². The van der Waals surface area contributed by atoms with Crippen LogP contribution in [-0.2, 0) is 0 Å². The van der Waals surface area contributed by atoms with Crippen LogP contribution in [0.4, 0.5) is 0 Å². The van der Waals surface area contributed by atoms with Gasteiger partial charge >= 0.3 is 0 Å². The van der Waals surface area contributed by atoms with E-state index in [9.17, 15) is 4.79 Å². The summed E-state index contributed by atoms with van der Waals surface area (Å²) in [5.74, 6) is -0.129. The zero-order valence-electron chi connectivity index (χ0n) is 7.58. The Hall–Kier alpha value is -1.42. The third-order valence-corrected chi connectivity index (χ3v) is 1.56. The molecule has 70 valence electrons. The van der Waals surface area contributed by atoms with Crippen molar-refractivity contribution in [1.29, 1.82) is 0 Å². The lowest BCUT2D eigenvalue weighted by Gasteiger charge is -2.02. The summed E-state index contributed by atoms with van der Waals surface area (Å²) in [6, 6.07) is 5.26. The summed E-state index contributed by atoms with van der Waals surface area (Å²) in [6.07, 6.45) is 1.60. The number of likely N-dealkylation sites (N-methyl/N-ethyl adjacent to an activating group) is 1. The number of hydrogen-bond acceptors (Lipinski definition) is 3. The molecule has 0 fully saturated rings. The maximum atomic E-state index is 11.3. The van der Waals surface area contributed by atoms with Crippen LogP contribution in [0.15, 0.2) is 24.4 Å². The van der Waals surface area contributed by atoms with Crippen molar-refractivity contribution >= 4 is 5.91 Å². The first-order chi connectivity index (χ1) is 6.34. The molecule has 0 unspecified atom stereocenters. The van der Waals surface area contributed by atoms with Gasteiger partial charge in [0, 0.05) is 19.3 Å². The second-order valence-electron chi connectivity index (χ2n) is 2.57. The molecule has 0 bridgehead atoms. The SMILES string of the molecule is CNCCNC(=O)c1ccccn1. The van der Waals surface area contributed by atoms with Gasteiger partial charge in [0.05, 0.1) is 0 Å². The van der Waals surface area contributed by atoms with Gasteiger partial charge in [-0.1, -0.05) is 6.07 Å². The lowest BCUT2D eigenvalue weighted by atomic mass is 10.3. The van der Waals surface area contributed by atoms with Gasteiger partial charge in [0.1, 0.15) is 5.69 Å². The van der Waals surface area contributed by atoms with E-state index in [4.69, 9.17) is 0 Å². The van der Waals surface area contributed by atoms with Crippen LogP contribution < -0.4 is 10.6 Å². The smallest absolute Gasteiger partial charge is 0.269 e. The first-order valence-electron chi connectivity index (χ1n) is 4.18. The van der Waals surface area contributed by atoms with Crippen molar-refractivity contribution in [1.82, 2.24) is 15.6 Å². The Morgan fingerprint density at radius 1 is 1.46 bits per heavy atom. The lowest BCUT2D eigenvalue weighted by molar-refractivity contribution is 0.0949. The minimum absolute atomic E-state index is 0.129. The van der Waals surface area contributed by atoms with Crippen molar-refractivity contribution in [2.75, 3.05) is 20.1 Å². The standard InChI is InChI=1S/C9H13N3O/c1-10-6-7-12-9(13)8-4-2-3-5-11-8/h2-5,10H,6-7H2,1H3,(H,12,13). The number of amides is 1. The summed E-state index contributed by atoms with van der Waals surface area (Å²) >= 11 is 0. The monoisotopic (exact) mass is 179 g/mol. The summed E-state index contributed by atoms with van der Waals surface area (Å²) in [5.41, 5.74) is 0.457. The molecule has 0 saturated heterocycles. The number of nitrogens with zero attached hydrogens (tertiary/aromatic N) is 1. The minimum atomic E-state index is -0.129. The number of aromatic nitrogens is 1. The summed E-state index contributed by atoms with van der Waals surface area (Å²) in [5, 5.41) is 5.68. The summed E-state index contributed by atoms with van der Waals surface area (Å²) in [7, 11) is 1.84. The number of rotatable bonds is 4. The Morgan fingerprint density at radius 3 is 2.92 bits per heavy atom. The number of nitrogens with one attached hydrogen (secondary N) is 2. The van der Waals surface area contributed by atoms with Crippen molar-refractivity contribution in [2.24, 2.45) is 0 Å². The second-order valence-corrected chi connectivity index (χ2v) is 2.57. The van der Waals surface area contributed by atoms with Crippen LogP contribution in [0.3, 0.4) is 0 Å². The molecule has 0 aliphatic heterocycles. The van der Waals surface area contributed by atoms with Gasteiger partial charge in [0.25, 0.3) is 5.91 Å². The van der Waals surface area contributed by atoms with Gasteiger partial charge in [0.2, 0.25) is 0 Å². The predicted molar refractivity (Wildman–Crippen MR) is 50.5 cm³/mol. The van der Waals surface area contributed by atoms with Crippen LogP contribution in [0.25, 0.3) is 0 Å². The highest BCUT2D eigenvalue weighted by atomic mass is 16.1. The minimum Gasteiger partial charge on any atom is -0.349 e. The molecule has 0 saturated carbocycles. The van der Waals surface area contributed by atoms with E-state index in [-0.39, 0.29) is 5.91 Å². The highest BCUT2D eigenvalue weighted by Crippen LogP contribution is 1.91. The molecule has 0 atom stereocenters. The average Bonchev–Trinajstić information content (AvgIpc) is 2.19. The fourth-order valence-electron chi connectivity index (χ4n) is 0.889. The van der Waals surface area contributed by atoms with Gasteiger partial charge in [-0.15, -0.1) is 0 Å². The van der Waals surface area contributed by atoms with E-state index in [1.807, 2.05) is 7.05 Å². The zero-order chi connectivity index (χ0) is 9.52. The molecular weight excluding hydrogens is 166 g/mol. The van der Waals surface area contributed by atoms with Crippen LogP contribution >= 0.6 is 0 Å².